The van der Waals surface area contributed by atoms with E-state index in [4.69, 9.17) is 16.7 Å². The van der Waals surface area contributed by atoms with E-state index in [9.17, 15) is 14.7 Å². The number of aromatic hydroxyl groups is 1. The lowest BCUT2D eigenvalue weighted by molar-refractivity contribution is -0.135. The van der Waals surface area contributed by atoms with E-state index in [-0.39, 0.29) is 29.4 Å². The summed E-state index contributed by atoms with van der Waals surface area (Å²) in [6.07, 6.45) is 0.225. The molecule has 3 N–H and O–H groups in total. The molecule has 0 fully saturated rings. The highest BCUT2D eigenvalue weighted by Gasteiger charge is 2.19. The zero-order valence-corrected chi connectivity index (χ0v) is 16.3. The third-order valence-corrected chi connectivity index (χ3v) is 4.49. The van der Waals surface area contributed by atoms with Gasteiger partial charge in [0.15, 0.2) is 11.4 Å². The second-order valence-electron chi connectivity index (χ2n) is 6.35. The van der Waals surface area contributed by atoms with E-state index in [0.29, 0.717) is 5.02 Å². The van der Waals surface area contributed by atoms with Gasteiger partial charge in [-0.25, -0.2) is 9.97 Å². The molecule has 0 bridgehead atoms. The number of nitrogens with one attached hydrogen (secondary N) is 1. The van der Waals surface area contributed by atoms with Gasteiger partial charge in [0.05, 0.1) is 5.69 Å². The van der Waals surface area contributed by atoms with Crippen LogP contribution in [0.15, 0.2) is 48.5 Å². The summed E-state index contributed by atoms with van der Waals surface area (Å²) in [6, 6.07) is 15.2. The number of benzene rings is 2. The Morgan fingerprint density at radius 3 is 2.48 bits per heavy atom. The Kier molecular flexibility index (Phi) is 6.09. The largest absolute Gasteiger partial charge is 0.504 e. The van der Waals surface area contributed by atoms with Gasteiger partial charge >= 0.3 is 5.97 Å². The Balaban J connectivity index is 1.87. The SMILES string of the molecule is Cc1nc(Cc2ccc(-c3ccccc3)c(Cl)c2)c(O)c(C(=O)NCC(=O)O)n1. The second kappa shape index (κ2) is 8.70. The van der Waals surface area contributed by atoms with Crippen LogP contribution in [0.3, 0.4) is 0 Å². The summed E-state index contributed by atoms with van der Waals surface area (Å²) in [7, 11) is 0. The van der Waals surface area contributed by atoms with Crippen LogP contribution in [0.25, 0.3) is 11.1 Å². The molecule has 0 radical (unpaired) electrons. The van der Waals surface area contributed by atoms with Crippen molar-refractivity contribution in [2.45, 2.75) is 13.3 Å². The number of carbonyl (C=O) groups is 2. The Morgan fingerprint density at radius 1 is 1.10 bits per heavy atom. The molecule has 0 aliphatic carbocycles. The van der Waals surface area contributed by atoms with E-state index < -0.39 is 18.4 Å². The quantitative estimate of drug-likeness (QED) is 0.574. The van der Waals surface area contributed by atoms with Crippen molar-refractivity contribution in [1.82, 2.24) is 15.3 Å². The smallest absolute Gasteiger partial charge is 0.322 e. The average Bonchev–Trinajstić information content (AvgIpc) is 2.69. The number of carbonyl (C=O) groups excluding carboxylic acids is 1. The van der Waals surface area contributed by atoms with Crippen LogP contribution < -0.4 is 5.32 Å². The predicted octanol–water partition coefficient (Wildman–Crippen LogP) is 3.22. The van der Waals surface area contributed by atoms with Crippen molar-refractivity contribution in [2.24, 2.45) is 0 Å². The van der Waals surface area contributed by atoms with Gasteiger partial charge in [-0.05, 0) is 24.1 Å². The lowest BCUT2D eigenvalue weighted by Gasteiger charge is -2.11. The van der Waals surface area contributed by atoms with Gasteiger partial charge in [-0.2, -0.15) is 0 Å². The number of aromatic nitrogens is 2. The molecule has 2 aromatic carbocycles. The van der Waals surface area contributed by atoms with Crippen molar-refractivity contribution in [3.63, 3.8) is 0 Å². The molecular formula is C21H18ClN3O4. The van der Waals surface area contributed by atoms with Crippen molar-refractivity contribution >= 4 is 23.5 Å². The molecule has 1 aromatic heterocycles. The maximum Gasteiger partial charge on any atom is 0.322 e. The van der Waals surface area contributed by atoms with Crippen molar-refractivity contribution in [3.8, 4) is 16.9 Å². The second-order valence-corrected chi connectivity index (χ2v) is 6.76. The van der Waals surface area contributed by atoms with E-state index in [1.165, 1.54) is 0 Å². The highest BCUT2D eigenvalue weighted by Crippen LogP contribution is 2.30. The molecule has 3 aromatic rings. The molecule has 0 saturated heterocycles. The molecule has 7 nitrogen and oxygen atoms in total. The number of hydrogen-bond acceptors (Lipinski definition) is 5. The first-order valence-corrected chi connectivity index (χ1v) is 9.13. The van der Waals surface area contributed by atoms with Gasteiger partial charge < -0.3 is 15.5 Å². The molecule has 148 valence electrons. The summed E-state index contributed by atoms with van der Waals surface area (Å²) in [4.78, 5) is 30.9. The Morgan fingerprint density at radius 2 is 1.83 bits per heavy atom. The van der Waals surface area contributed by atoms with Crippen LogP contribution >= 0.6 is 11.6 Å². The molecular weight excluding hydrogens is 394 g/mol. The number of nitrogens with zero attached hydrogens (tertiary/aromatic N) is 2. The zero-order valence-electron chi connectivity index (χ0n) is 15.5. The fourth-order valence-electron chi connectivity index (χ4n) is 2.86. The number of carboxylic acids is 1. The minimum absolute atomic E-state index is 0.225. The monoisotopic (exact) mass is 411 g/mol. The summed E-state index contributed by atoms with van der Waals surface area (Å²) >= 11 is 6.44. The van der Waals surface area contributed by atoms with Gasteiger partial charge in [-0.3, -0.25) is 9.59 Å². The van der Waals surface area contributed by atoms with Crippen LogP contribution in [-0.4, -0.2) is 38.6 Å². The summed E-state index contributed by atoms with van der Waals surface area (Å²) in [5.41, 5.74) is 2.65. The van der Waals surface area contributed by atoms with Crippen LogP contribution in [0.5, 0.6) is 5.75 Å². The summed E-state index contributed by atoms with van der Waals surface area (Å²) in [6.45, 7) is 1.01. The van der Waals surface area contributed by atoms with Crippen LogP contribution in [0, 0.1) is 6.92 Å². The predicted molar refractivity (Wildman–Crippen MR) is 108 cm³/mol. The van der Waals surface area contributed by atoms with Gasteiger partial charge in [-0.1, -0.05) is 54.1 Å². The van der Waals surface area contributed by atoms with Crippen molar-refractivity contribution in [3.05, 3.63) is 76.3 Å². The van der Waals surface area contributed by atoms with Gasteiger partial charge in [0, 0.05) is 17.0 Å². The number of rotatable bonds is 6. The van der Waals surface area contributed by atoms with E-state index in [0.717, 1.165) is 16.7 Å². The number of carboxylic acid groups (broad SMARTS) is 1. The number of amides is 1. The van der Waals surface area contributed by atoms with Crippen molar-refractivity contribution < 1.29 is 19.8 Å². The Labute approximate surface area is 172 Å². The maximum atomic E-state index is 12.1. The van der Waals surface area contributed by atoms with Crippen molar-refractivity contribution in [2.75, 3.05) is 6.54 Å². The topological polar surface area (TPSA) is 112 Å². The molecule has 0 saturated carbocycles. The van der Waals surface area contributed by atoms with Crippen molar-refractivity contribution in [1.29, 1.82) is 0 Å². The Hall–Kier alpha value is -3.45. The number of halogens is 1. The van der Waals surface area contributed by atoms with Gasteiger partial charge in [-0.15, -0.1) is 0 Å². The fourth-order valence-corrected chi connectivity index (χ4v) is 3.17. The molecule has 0 aliphatic heterocycles. The average molecular weight is 412 g/mol. The summed E-state index contributed by atoms with van der Waals surface area (Å²) in [5, 5.41) is 21.9. The first-order chi connectivity index (χ1) is 13.8. The first-order valence-electron chi connectivity index (χ1n) is 8.75. The molecule has 0 atom stereocenters. The lowest BCUT2D eigenvalue weighted by atomic mass is 10.0. The third kappa shape index (κ3) is 4.89. The van der Waals surface area contributed by atoms with E-state index in [2.05, 4.69) is 15.3 Å². The molecule has 1 amide bonds. The number of hydrogen-bond donors (Lipinski definition) is 3. The van der Waals surface area contributed by atoms with E-state index in [1.54, 1.807) is 13.0 Å². The maximum absolute atomic E-state index is 12.1. The molecule has 0 spiro atoms. The van der Waals surface area contributed by atoms with Gasteiger partial charge in [0.2, 0.25) is 0 Å². The highest BCUT2D eigenvalue weighted by molar-refractivity contribution is 6.33. The van der Waals surface area contributed by atoms with Crippen LogP contribution in [-0.2, 0) is 11.2 Å². The molecule has 0 unspecified atom stereocenters. The summed E-state index contributed by atoms with van der Waals surface area (Å²) < 4.78 is 0. The third-order valence-electron chi connectivity index (χ3n) is 4.17. The normalized spacial score (nSPS) is 10.6. The molecule has 0 aliphatic rings. The highest BCUT2D eigenvalue weighted by atomic mass is 35.5. The molecule has 1 heterocycles. The standard InChI is InChI=1S/C21H18ClN3O4/c1-12-24-17(20(28)19(25-12)21(29)23-11-18(26)27)10-13-7-8-15(16(22)9-13)14-5-3-2-4-6-14/h2-9,28H,10-11H2,1H3,(H,23,29)(H,26,27). The summed E-state index contributed by atoms with van der Waals surface area (Å²) in [5.74, 6) is -2.09. The lowest BCUT2D eigenvalue weighted by Crippen LogP contribution is -2.30. The van der Waals surface area contributed by atoms with Gasteiger partial charge in [0.1, 0.15) is 12.4 Å². The first kappa shape index (κ1) is 20.3. The van der Waals surface area contributed by atoms with Crippen LogP contribution in [0.2, 0.25) is 5.02 Å². The fraction of sp³-hybridized carbons (Fsp3) is 0.143. The van der Waals surface area contributed by atoms with E-state index in [1.807, 2.05) is 42.5 Å². The van der Waals surface area contributed by atoms with E-state index >= 15 is 0 Å². The minimum atomic E-state index is -1.20. The molecule has 29 heavy (non-hydrogen) atoms. The number of aliphatic carboxylic acids is 1. The van der Waals surface area contributed by atoms with Crippen LogP contribution in [0.1, 0.15) is 27.6 Å². The van der Waals surface area contributed by atoms with Gasteiger partial charge in [0.25, 0.3) is 5.91 Å². The molecule has 3 rings (SSSR count). The number of aryl methyl sites for hydroxylation is 1. The molecule has 8 heteroatoms. The zero-order chi connectivity index (χ0) is 21.0. The minimum Gasteiger partial charge on any atom is -0.504 e. The Bertz CT molecular complexity index is 1070. The van der Waals surface area contributed by atoms with Crippen LogP contribution in [0.4, 0.5) is 0 Å².